The Bertz CT molecular complexity index is 1360. The van der Waals surface area contributed by atoms with Crippen molar-refractivity contribution < 1.29 is 23.2 Å². The van der Waals surface area contributed by atoms with Gasteiger partial charge in [0.2, 0.25) is 5.82 Å². The maximum Gasteiger partial charge on any atom is 0.320 e. The first-order valence-electron chi connectivity index (χ1n) is 11.6. The third-order valence-corrected chi connectivity index (χ3v) is 6.07. The van der Waals surface area contributed by atoms with Crippen LogP contribution in [0.4, 0.5) is 8.78 Å². The third kappa shape index (κ3) is 5.49. The van der Waals surface area contributed by atoms with Crippen molar-refractivity contribution in [1.29, 1.82) is 0 Å². The van der Waals surface area contributed by atoms with Crippen LogP contribution >= 0.6 is 0 Å². The summed E-state index contributed by atoms with van der Waals surface area (Å²) in [4.78, 5) is 15.6. The van der Waals surface area contributed by atoms with Crippen LogP contribution in [0.15, 0.2) is 71.3 Å². The van der Waals surface area contributed by atoms with E-state index < -0.39 is 17.9 Å². The van der Waals surface area contributed by atoms with Gasteiger partial charge in [0.15, 0.2) is 0 Å². The molecule has 1 heterocycles. The Balaban J connectivity index is 1.58. The molecule has 4 aromatic rings. The van der Waals surface area contributed by atoms with Gasteiger partial charge in [-0.15, -0.1) is 0 Å². The summed E-state index contributed by atoms with van der Waals surface area (Å²) in [6.45, 7) is 4.98. The summed E-state index contributed by atoms with van der Waals surface area (Å²) in [6.07, 6.45) is 0.483. The number of nitrogens with zero attached hydrogens (tertiary/aromatic N) is 2. The first-order chi connectivity index (χ1) is 17.2. The van der Waals surface area contributed by atoms with Crippen LogP contribution < -0.4 is 5.32 Å². The Morgan fingerprint density at radius 2 is 1.75 bits per heavy atom. The smallest absolute Gasteiger partial charge is 0.320 e. The average molecular weight is 492 g/mol. The molecule has 8 heteroatoms. The fourth-order valence-electron chi connectivity index (χ4n) is 4.03. The van der Waals surface area contributed by atoms with E-state index in [0.29, 0.717) is 35.5 Å². The minimum absolute atomic E-state index is 0.113. The van der Waals surface area contributed by atoms with Crippen molar-refractivity contribution in [2.45, 2.75) is 45.7 Å². The summed E-state index contributed by atoms with van der Waals surface area (Å²) in [7, 11) is 0. The molecule has 1 atom stereocenters. The quantitative estimate of drug-likeness (QED) is 0.280. The van der Waals surface area contributed by atoms with Gasteiger partial charge < -0.3 is 14.9 Å². The molecule has 0 unspecified atom stereocenters. The highest BCUT2D eigenvalue weighted by molar-refractivity contribution is 5.75. The zero-order valence-corrected chi connectivity index (χ0v) is 20.3. The number of aliphatic carboxylic acids is 1. The highest BCUT2D eigenvalue weighted by Gasteiger charge is 2.29. The number of carboxylic acids is 1. The highest BCUT2D eigenvalue weighted by Crippen LogP contribution is 2.39. The molecule has 0 aliphatic rings. The summed E-state index contributed by atoms with van der Waals surface area (Å²) in [5.41, 5.74) is 4.00. The number of carboxylic acid groups (broad SMARTS) is 1. The van der Waals surface area contributed by atoms with Crippen LogP contribution in [0.5, 0.6) is 0 Å². The first-order valence-corrected chi connectivity index (χ1v) is 11.6. The lowest BCUT2D eigenvalue weighted by Gasteiger charge is -2.18. The lowest BCUT2D eigenvalue weighted by atomic mass is 9.92. The largest absolute Gasteiger partial charge is 0.480 e. The normalized spacial score (nSPS) is 12.5. The van der Waals surface area contributed by atoms with Crippen LogP contribution in [0, 0.1) is 6.92 Å². The average Bonchev–Trinajstić information content (AvgIpc) is 3.34. The molecule has 3 aromatic carbocycles. The Morgan fingerprint density at radius 1 is 1.06 bits per heavy atom. The number of halogens is 2. The van der Waals surface area contributed by atoms with E-state index in [1.807, 2.05) is 50.2 Å². The Morgan fingerprint density at radius 3 is 2.39 bits per heavy atom. The molecule has 0 amide bonds. The Hall–Kier alpha value is -3.91. The minimum Gasteiger partial charge on any atom is -0.480 e. The van der Waals surface area contributed by atoms with Crippen LogP contribution in [0.2, 0.25) is 0 Å². The van der Waals surface area contributed by atoms with Crippen molar-refractivity contribution in [2.75, 3.05) is 0 Å². The zero-order valence-electron chi connectivity index (χ0n) is 20.3. The third-order valence-electron chi connectivity index (χ3n) is 6.07. The van der Waals surface area contributed by atoms with Gasteiger partial charge in [0.25, 0.3) is 11.8 Å². The van der Waals surface area contributed by atoms with E-state index in [4.69, 9.17) is 9.63 Å². The fourth-order valence-corrected chi connectivity index (χ4v) is 4.03. The van der Waals surface area contributed by atoms with Gasteiger partial charge in [-0.05, 0) is 47.7 Å². The number of rotatable bonds is 9. The predicted octanol–water partition coefficient (Wildman–Crippen LogP) is 6.44. The van der Waals surface area contributed by atoms with E-state index in [9.17, 15) is 13.6 Å². The van der Waals surface area contributed by atoms with Gasteiger partial charge in [-0.3, -0.25) is 4.79 Å². The van der Waals surface area contributed by atoms with Gasteiger partial charge in [-0.2, -0.15) is 4.98 Å². The second kappa shape index (κ2) is 10.4. The Labute approximate surface area is 208 Å². The highest BCUT2D eigenvalue weighted by atomic mass is 19.3. The number of aromatic nitrogens is 2. The maximum absolute atomic E-state index is 14.6. The number of hydrogen-bond acceptors (Lipinski definition) is 5. The van der Waals surface area contributed by atoms with Crippen molar-refractivity contribution in [2.24, 2.45) is 0 Å². The number of hydrogen-bond donors (Lipinski definition) is 2. The SMILES string of the molecule is CC[C@H](NCc1ccc(-c2noc(-c3ccc(-c4ccccc4C)c(C(C)(F)F)c3)n2)cc1)C(=O)O. The zero-order chi connectivity index (χ0) is 25.9. The topological polar surface area (TPSA) is 88.3 Å². The predicted molar refractivity (Wildman–Crippen MR) is 133 cm³/mol. The molecule has 0 aliphatic carbocycles. The maximum atomic E-state index is 14.6. The van der Waals surface area contributed by atoms with Crippen LogP contribution in [0.25, 0.3) is 34.0 Å². The molecule has 2 N–H and O–H groups in total. The van der Waals surface area contributed by atoms with Crippen molar-refractivity contribution >= 4 is 5.97 Å². The van der Waals surface area contributed by atoms with Crippen LogP contribution in [0.3, 0.4) is 0 Å². The summed E-state index contributed by atoms with van der Waals surface area (Å²) in [5.74, 6) is -3.49. The summed E-state index contributed by atoms with van der Waals surface area (Å²) in [5, 5.41) is 16.2. The van der Waals surface area contributed by atoms with E-state index >= 15 is 0 Å². The van der Waals surface area contributed by atoms with Crippen molar-refractivity contribution in [3.05, 3.63) is 83.4 Å². The minimum atomic E-state index is -3.07. The van der Waals surface area contributed by atoms with Crippen LogP contribution in [-0.2, 0) is 17.3 Å². The molecule has 0 saturated carbocycles. The monoisotopic (exact) mass is 491 g/mol. The van der Waals surface area contributed by atoms with E-state index in [1.165, 1.54) is 6.07 Å². The van der Waals surface area contributed by atoms with Crippen LogP contribution in [-0.4, -0.2) is 27.3 Å². The van der Waals surface area contributed by atoms with E-state index in [0.717, 1.165) is 23.6 Å². The van der Waals surface area contributed by atoms with E-state index in [2.05, 4.69) is 15.5 Å². The summed E-state index contributed by atoms with van der Waals surface area (Å²) >= 11 is 0. The van der Waals surface area contributed by atoms with Gasteiger partial charge >= 0.3 is 5.97 Å². The molecule has 0 bridgehead atoms. The number of aryl methyl sites for hydroxylation is 1. The lowest BCUT2D eigenvalue weighted by molar-refractivity contribution is -0.139. The molecule has 36 heavy (non-hydrogen) atoms. The van der Waals surface area contributed by atoms with E-state index in [-0.39, 0.29) is 11.5 Å². The molecular weight excluding hydrogens is 464 g/mol. The second-order valence-electron chi connectivity index (χ2n) is 8.76. The van der Waals surface area contributed by atoms with E-state index in [1.54, 1.807) is 24.3 Å². The molecule has 0 radical (unpaired) electrons. The van der Waals surface area contributed by atoms with Crippen molar-refractivity contribution in [1.82, 2.24) is 15.5 Å². The second-order valence-corrected chi connectivity index (χ2v) is 8.76. The van der Waals surface area contributed by atoms with Crippen molar-refractivity contribution in [3.63, 3.8) is 0 Å². The number of carbonyl (C=O) groups is 1. The molecule has 186 valence electrons. The molecule has 0 saturated heterocycles. The van der Waals surface area contributed by atoms with Gasteiger partial charge in [0.1, 0.15) is 6.04 Å². The van der Waals surface area contributed by atoms with Crippen molar-refractivity contribution in [3.8, 4) is 34.0 Å². The van der Waals surface area contributed by atoms with Gasteiger partial charge in [0, 0.05) is 30.2 Å². The molecular formula is C28H27F2N3O3. The summed E-state index contributed by atoms with van der Waals surface area (Å²) < 4.78 is 34.6. The first kappa shape index (κ1) is 25.2. The summed E-state index contributed by atoms with van der Waals surface area (Å²) in [6, 6.07) is 18.9. The lowest BCUT2D eigenvalue weighted by Crippen LogP contribution is -2.35. The van der Waals surface area contributed by atoms with Gasteiger partial charge in [-0.25, -0.2) is 8.78 Å². The van der Waals surface area contributed by atoms with Gasteiger partial charge in [0.05, 0.1) is 0 Å². The molecule has 0 fully saturated rings. The molecule has 0 aliphatic heterocycles. The molecule has 0 spiro atoms. The van der Waals surface area contributed by atoms with Crippen LogP contribution in [0.1, 0.15) is 37.0 Å². The molecule has 6 nitrogen and oxygen atoms in total. The number of alkyl halides is 2. The van der Waals surface area contributed by atoms with Gasteiger partial charge in [-0.1, -0.05) is 66.7 Å². The standard InChI is InChI=1S/C28H27F2N3O3/c1-4-24(27(34)35)31-16-18-9-11-19(12-10-18)25-32-26(36-33-25)20-13-14-22(23(15-20)28(3,29)30)21-8-6-5-7-17(21)2/h5-15,24,31H,4,16H2,1-3H3,(H,34,35)/t24-/m0/s1. The molecule has 1 aromatic heterocycles. The molecule has 4 rings (SSSR count). The number of nitrogens with one attached hydrogen (secondary N) is 1. The Kier molecular flexibility index (Phi) is 7.26. The number of benzene rings is 3. The fraction of sp³-hybridized carbons (Fsp3) is 0.250.